The van der Waals surface area contributed by atoms with Crippen LogP contribution in [0.3, 0.4) is 0 Å². The lowest BCUT2D eigenvalue weighted by Crippen LogP contribution is -2.10. The van der Waals surface area contributed by atoms with Gasteiger partial charge in [-0.05, 0) is 31.2 Å². The second-order valence-corrected chi connectivity index (χ2v) is 7.69. The lowest BCUT2D eigenvalue weighted by molar-refractivity contribution is -0.144. The lowest BCUT2D eigenvalue weighted by Gasteiger charge is -1.98. The Kier molecular flexibility index (Phi) is 17.2. The summed E-state index contributed by atoms with van der Waals surface area (Å²) in [6.07, 6.45) is -4.50. The van der Waals surface area contributed by atoms with Crippen LogP contribution in [0.5, 0.6) is 0 Å². The molecule has 1 aromatic heterocycles. The first-order chi connectivity index (χ1) is 15.9. The monoisotopic (exact) mass is 627 g/mol. The number of nitrogens with two attached hydrogens (primary N) is 3. The van der Waals surface area contributed by atoms with Gasteiger partial charge in [-0.3, -0.25) is 27.0 Å². The molecule has 10 nitrogen and oxygen atoms in total. The van der Waals surface area contributed by atoms with Crippen molar-refractivity contribution in [3.63, 3.8) is 0 Å². The number of aromatic nitrogens is 3. The molecular formula is C20H26Br2F3N7O3. The molecule has 3 aromatic rings. The summed E-state index contributed by atoms with van der Waals surface area (Å²) >= 11 is 6.51. The zero-order valence-corrected chi connectivity index (χ0v) is 21.8. The third-order valence-corrected chi connectivity index (χ3v) is 4.42. The third-order valence-electron chi connectivity index (χ3n) is 3.36. The molecule has 35 heavy (non-hydrogen) atoms. The SMILES string of the molecule is CCOC(C)=O.FC(F)(F)c1nc(-c2ccc(Br)cc2)n[nH]1.N=C(N)c1ccc(Br)cc1.NN.O. The predicted molar refractivity (Wildman–Crippen MR) is 134 cm³/mol. The van der Waals surface area contributed by atoms with Crippen LogP contribution in [-0.2, 0) is 15.7 Å². The molecule has 0 aliphatic rings. The molecular weight excluding hydrogens is 603 g/mol. The van der Waals surface area contributed by atoms with E-state index >= 15 is 0 Å². The zero-order valence-electron chi connectivity index (χ0n) is 18.7. The van der Waals surface area contributed by atoms with Gasteiger partial charge in [-0.2, -0.15) is 18.3 Å². The number of ether oxygens (including phenoxy) is 1. The molecule has 0 saturated carbocycles. The highest BCUT2D eigenvalue weighted by molar-refractivity contribution is 9.10. The Labute approximate surface area is 216 Å². The topological polar surface area (TPSA) is 201 Å². The van der Waals surface area contributed by atoms with Crippen LogP contribution in [0.25, 0.3) is 11.4 Å². The number of amidine groups is 1. The fraction of sp³-hybridized carbons (Fsp3) is 0.200. The Balaban J connectivity index is 0. The lowest BCUT2D eigenvalue weighted by atomic mass is 10.2. The largest absolute Gasteiger partial charge is 0.466 e. The number of aromatic amines is 1. The number of hydrazine groups is 1. The number of benzene rings is 2. The van der Waals surface area contributed by atoms with Gasteiger partial charge < -0.3 is 15.9 Å². The van der Waals surface area contributed by atoms with Crippen LogP contribution >= 0.6 is 31.9 Å². The van der Waals surface area contributed by atoms with Crippen LogP contribution in [0.15, 0.2) is 57.5 Å². The number of esters is 1. The van der Waals surface area contributed by atoms with Gasteiger partial charge in [0.1, 0.15) is 5.84 Å². The third kappa shape index (κ3) is 14.2. The number of hydrogen-bond acceptors (Lipinski definition) is 7. The van der Waals surface area contributed by atoms with Gasteiger partial charge in [-0.15, -0.1) is 0 Å². The molecule has 0 fully saturated rings. The first-order valence-corrected chi connectivity index (χ1v) is 10.8. The van der Waals surface area contributed by atoms with Crippen molar-refractivity contribution >= 4 is 43.7 Å². The maximum absolute atomic E-state index is 12.2. The summed E-state index contributed by atoms with van der Waals surface area (Å²) in [4.78, 5) is 13.2. The molecule has 0 aliphatic heterocycles. The number of nitrogen functional groups attached to an aromatic ring is 1. The maximum Gasteiger partial charge on any atom is 0.451 e. The number of nitrogens with one attached hydrogen (secondary N) is 2. The summed E-state index contributed by atoms with van der Waals surface area (Å²) in [5.41, 5.74) is 6.51. The summed E-state index contributed by atoms with van der Waals surface area (Å²) in [6.45, 7) is 3.65. The highest BCUT2D eigenvalue weighted by atomic mass is 79.9. The van der Waals surface area contributed by atoms with E-state index in [0.717, 1.165) is 14.5 Å². The molecule has 0 saturated heterocycles. The van der Waals surface area contributed by atoms with Gasteiger partial charge in [-0.25, -0.2) is 4.98 Å². The van der Waals surface area contributed by atoms with Gasteiger partial charge in [-0.1, -0.05) is 56.1 Å². The van der Waals surface area contributed by atoms with Crippen molar-refractivity contribution in [2.24, 2.45) is 17.4 Å². The van der Waals surface area contributed by atoms with Gasteiger partial charge in [0, 0.05) is 27.0 Å². The smallest absolute Gasteiger partial charge is 0.451 e. The molecule has 194 valence electrons. The highest BCUT2D eigenvalue weighted by Crippen LogP contribution is 2.27. The number of carbonyl (C=O) groups excluding carboxylic acids is 1. The number of carbonyl (C=O) groups is 1. The molecule has 0 radical (unpaired) electrons. The minimum atomic E-state index is -4.50. The average Bonchev–Trinajstić information content (AvgIpc) is 3.28. The Bertz CT molecular complexity index is 1020. The minimum absolute atomic E-state index is 0. The molecule has 2 aromatic carbocycles. The molecule has 3 rings (SSSR count). The summed E-state index contributed by atoms with van der Waals surface area (Å²) in [5.74, 6) is 6.83. The Morgan fingerprint density at radius 3 is 1.83 bits per heavy atom. The van der Waals surface area contributed by atoms with Crippen molar-refractivity contribution in [3.05, 3.63) is 68.9 Å². The zero-order chi connectivity index (χ0) is 26.3. The second-order valence-electron chi connectivity index (χ2n) is 5.86. The molecule has 0 atom stereocenters. The molecule has 0 aliphatic carbocycles. The Morgan fingerprint density at radius 2 is 1.51 bits per heavy atom. The first-order valence-electron chi connectivity index (χ1n) is 9.26. The van der Waals surface area contributed by atoms with Crippen molar-refractivity contribution in [1.29, 1.82) is 5.41 Å². The standard InChI is InChI=1S/C9H5BrF3N3.C7H7BrN2.C4H8O2.H4N2.H2O/c10-6-3-1-5(2-4-6)7-14-8(16-15-7)9(11,12)13;8-6-3-1-5(2-4-6)7(9)10;1-3-6-4(2)5;1-2;/h1-4H,(H,14,15,16);1-4H,(H3,9,10);3H2,1-2H3;1-2H2;1H2. The summed E-state index contributed by atoms with van der Waals surface area (Å²) in [7, 11) is 0. The van der Waals surface area contributed by atoms with Crippen molar-refractivity contribution in [3.8, 4) is 11.4 Å². The van der Waals surface area contributed by atoms with E-state index in [4.69, 9.17) is 11.1 Å². The average molecular weight is 629 g/mol. The van der Waals surface area contributed by atoms with E-state index in [1.54, 1.807) is 43.3 Å². The number of H-pyrrole nitrogens is 1. The van der Waals surface area contributed by atoms with Crippen LogP contribution in [0.1, 0.15) is 25.2 Å². The van der Waals surface area contributed by atoms with Gasteiger partial charge in [0.15, 0.2) is 5.82 Å². The predicted octanol–water partition coefficient (Wildman–Crippen LogP) is 3.55. The second kappa shape index (κ2) is 17.6. The number of hydrogen-bond donors (Lipinski definition) is 5. The fourth-order valence-corrected chi connectivity index (χ4v) is 2.48. The van der Waals surface area contributed by atoms with Gasteiger partial charge in [0.2, 0.25) is 5.82 Å². The number of rotatable bonds is 3. The minimum Gasteiger partial charge on any atom is -0.466 e. The van der Waals surface area contributed by atoms with Crippen LogP contribution in [0.4, 0.5) is 13.2 Å². The molecule has 0 bridgehead atoms. The van der Waals surface area contributed by atoms with E-state index in [9.17, 15) is 18.0 Å². The van der Waals surface area contributed by atoms with Crippen molar-refractivity contribution in [2.75, 3.05) is 6.61 Å². The van der Waals surface area contributed by atoms with Crippen LogP contribution in [0, 0.1) is 5.41 Å². The number of halogens is 5. The van der Waals surface area contributed by atoms with Crippen molar-refractivity contribution < 1.29 is 28.2 Å². The van der Waals surface area contributed by atoms with Gasteiger partial charge in [0.25, 0.3) is 0 Å². The quantitative estimate of drug-likeness (QED) is 0.0958. The Morgan fingerprint density at radius 1 is 1.06 bits per heavy atom. The molecule has 10 N–H and O–H groups in total. The van der Waals surface area contributed by atoms with Crippen LogP contribution in [0.2, 0.25) is 0 Å². The molecule has 0 amide bonds. The maximum atomic E-state index is 12.2. The molecule has 15 heteroatoms. The van der Waals surface area contributed by atoms with Gasteiger partial charge in [0.05, 0.1) is 6.61 Å². The van der Waals surface area contributed by atoms with Crippen LogP contribution in [-0.4, -0.2) is 39.1 Å². The van der Waals surface area contributed by atoms with Gasteiger partial charge >= 0.3 is 12.1 Å². The fourth-order valence-electron chi connectivity index (χ4n) is 1.95. The van der Waals surface area contributed by atoms with Crippen LogP contribution < -0.4 is 17.4 Å². The van der Waals surface area contributed by atoms with E-state index < -0.39 is 12.0 Å². The normalized spacial score (nSPS) is 9.51. The summed E-state index contributed by atoms with van der Waals surface area (Å²) in [5, 5.41) is 12.4. The van der Waals surface area contributed by atoms with Crippen molar-refractivity contribution in [1.82, 2.24) is 15.2 Å². The van der Waals surface area contributed by atoms with E-state index in [0.29, 0.717) is 12.2 Å². The molecule has 0 unspecified atom stereocenters. The summed E-state index contributed by atoms with van der Waals surface area (Å²) in [6, 6.07) is 14.0. The molecule has 1 heterocycles. The van der Waals surface area contributed by atoms with E-state index in [-0.39, 0.29) is 23.1 Å². The first kappa shape index (κ1) is 34.3. The highest BCUT2D eigenvalue weighted by Gasteiger charge is 2.35. The van der Waals surface area contributed by atoms with E-state index in [1.807, 2.05) is 17.2 Å². The van der Waals surface area contributed by atoms with E-state index in [1.165, 1.54) is 6.92 Å². The summed E-state index contributed by atoms with van der Waals surface area (Å²) < 4.78 is 43.0. The number of alkyl halides is 3. The van der Waals surface area contributed by atoms with E-state index in [2.05, 4.69) is 58.4 Å². The Hall–Kier alpha value is -2.85. The number of nitrogens with zero attached hydrogens (tertiary/aromatic N) is 2. The molecule has 0 spiro atoms. The van der Waals surface area contributed by atoms with Crippen molar-refractivity contribution in [2.45, 2.75) is 20.0 Å².